The van der Waals surface area contributed by atoms with E-state index in [-0.39, 0.29) is 6.61 Å². The fourth-order valence-corrected chi connectivity index (χ4v) is 2.54. The van der Waals surface area contributed by atoms with Crippen molar-refractivity contribution in [1.82, 2.24) is 4.98 Å². The standard InChI is InChI=1S/C12H17BrN2O/c13-10-5-6-12(14-9-10)15-7-1-3-11(15)4-2-8-16/h5-6,9,11,16H,1-4,7-8H2. The second-order valence-corrected chi connectivity index (χ2v) is 5.11. The molecule has 16 heavy (non-hydrogen) atoms. The number of rotatable bonds is 4. The highest BCUT2D eigenvalue weighted by Gasteiger charge is 2.24. The Bertz CT molecular complexity index is 328. The minimum Gasteiger partial charge on any atom is -0.396 e. The van der Waals surface area contributed by atoms with Gasteiger partial charge in [-0.25, -0.2) is 4.98 Å². The van der Waals surface area contributed by atoms with Crippen LogP contribution in [0.5, 0.6) is 0 Å². The molecule has 3 nitrogen and oxygen atoms in total. The van der Waals surface area contributed by atoms with E-state index in [0.717, 1.165) is 29.7 Å². The van der Waals surface area contributed by atoms with Gasteiger partial charge in [0.05, 0.1) is 0 Å². The number of hydrogen-bond acceptors (Lipinski definition) is 3. The molecule has 1 aromatic rings. The molecule has 1 unspecified atom stereocenters. The molecule has 0 aromatic carbocycles. The summed E-state index contributed by atoms with van der Waals surface area (Å²) < 4.78 is 1.02. The zero-order valence-corrected chi connectivity index (χ0v) is 10.9. The first-order chi connectivity index (χ1) is 7.81. The van der Waals surface area contributed by atoms with E-state index in [9.17, 15) is 0 Å². The quantitative estimate of drug-likeness (QED) is 0.923. The van der Waals surface area contributed by atoms with Gasteiger partial charge in [-0.1, -0.05) is 0 Å². The molecule has 4 heteroatoms. The van der Waals surface area contributed by atoms with Gasteiger partial charge in [-0.2, -0.15) is 0 Å². The molecule has 0 amide bonds. The zero-order chi connectivity index (χ0) is 11.4. The first-order valence-corrected chi connectivity index (χ1v) is 6.59. The van der Waals surface area contributed by atoms with Gasteiger partial charge in [0.15, 0.2) is 0 Å². The van der Waals surface area contributed by atoms with E-state index >= 15 is 0 Å². The van der Waals surface area contributed by atoms with E-state index in [1.165, 1.54) is 12.8 Å². The van der Waals surface area contributed by atoms with E-state index in [1.807, 2.05) is 12.3 Å². The third-order valence-corrected chi connectivity index (χ3v) is 3.55. The molecule has 1 atom stereocenters. The van der Waals surface area contributed by atoms with Crippen LogP contribution in [-0.2, 0) is 0 Å². The topological polar surface area (TPSA) is 36.4 Å². The molecule has 0 aliphatic carbocycles. The lowest BCUT2D eigenvalue weighted by molar-refractivity contribution is 0.279. The van der Waals surface area contributed by atoms with E-state index in [0.29, 0.717) is 6.04 Å². The molecule has 1 aromatic heterocycles. The predicted octanol–water partition coefficient (Wildman–Crippen LogP) is 2.59. The minimum absolute atomic E-state index is 0.290. The highest BCUT2D eigenvalue weighted by Crippen LogP contribution is 2.27. The van der Waals surface area contributed by atoms with Crippen LogP contribution in [0.1, 0.15) is 25.7 Å². The maximum atomic E-state index is 8.88. The summed E-state index contributed by atoms with van der Waals surface area (Å²) in [4.78, 5) is 6.80. The molecule has 1 saturated heterocycles. The van der Waals surface area contributed by atoms with Crippen LogP contribution in [0.3, 0.4) is 0 Å². The van der Waals surface area contributed by atoms with Gasteiger partial charge in [0.1, 0.15) is 5.82 Å². The smallest absolute Gasteiger partial charge is 0.128 e. The Labute approximate surface area is 105 Å². The first kappa shape index (κ1) is 11.9. The Kier molecular flexibility index (Phi) is 4.18. The van der Waals surface area contributed by atoms with Crippen molar-refractivity contribution in [2.24, 2.45) is 0 Å². The molecule has 0 bridgehead atoms. The van der Waals surface area contributed by atoms with Crippen LogP contribution >= 0.6 is 15.9 Å². The Balaban J connectivity index is 2.04. The summed E-state index contributed by atoms with van der Waals surface area (Å²) in [6.07, 6.45) is 6.24. The molecular formula is C12H17BrN2O. The summed E-state index contributed by atoms with van der Waals surface area (Å²) in [6, 6.07) is 4.64. The molecule has 0 spiro atoms. The van der Waals surface area contributed by atoms with Crippen LogP contribution in [0, 0.1) is 0 Å². The third-order valence-electron chi connectivity index (χ3n) is 3.08. The van der Waals surface area contributed by atoms with Crippen molar-refractivity contribution >= 4 is 21.7 Å². The summed E-state index contributed by atoms with van der Waals surface area (Å²) in [5.41, 5.74) is 0. The van der Waals surface area contributed by atoms with Crippen molar-refractivity contribution in [3.8, 4) is 0 Å². The van der Waals surface area contributed by atoms with Gasteiger partial charge in [-0.05, 0) is 53.7 Å². The van der Waals surface area contributed by atoms with E-state index in [4.69, 9.17) is 5.11 Å². The van der Waals surface area contributed by atoms with Crippen molar-refractivity contribution in [3.63, 3.8) is 0 Å². The Morgan fingerprint density at radius 3 is 3.06 bits per heavy atom. The third kappa shape index (κ3) is 2.74. The molecule has 0 saturated carbocycles. The maximum Gasteiger partial charge on any atom is 0.128 e. The molecule has 0 radical (unpaired) electrons. The van der Waals surface area contributed by atoms with Gasteiger partial charge in [-0.3, -0.25) is 0 Å². The predicted molar refractivity (Wildman–Crippen MR) is 68.6 cm³/mol. The molecule has 88 valence electrons. The van der Waals surface area contributed by atoms with Crippen molar-refractivity contribution in [3.05, 3.63) is 22.8 Å². The van der Waals surface area contributed by atoms with Crippen LogP contribution in [0.15, 0.2) is 22.8 Å². The minimum atomic E-state index is 0.290. The molecular weight excluding hydrogens is 268 g/mol. The van der Waals surface area contributed by atoms with Crippen LogP contribution < -0.4 is 4.90 Å². The van der Waals surface area contributed by atoms with Crippen molar-refractivity contribution in [2.45, 2.75) is 31.7 Å². The lowest BCUT2D eigenvalue weighted by atomic mass is 10.1. The SMILES string of the molecule is OCCCC1CCCN1c1ccc(Br)cn1. The largest absolute Gasteiger partial charge is 0.396 e. The van der Waals surface area contributed by atoms with Crippen LogP contribution in [0.25, 0.3) is 0 Å². The summed E-state index contributed by atoms with van der Waals surface area (Å²) in [5.74, 6) is 1.06. The number of halogens is 1. The van der Waals surface area contributed by atoms with Gasteiger partial charge < -0.3 is 10.0 Å². The van der Waals surface area contributed by atoms with Crippen molar-refractivity contribution < 1.29 is 5.11 Å². The number of aliphatic hydroxyl groups excluding tert-OH is 1. The molecule has 1 aliphatic rings. The lowest BCUT2D eigenvalue weighted by Crippen LogP contribution is -2.29. The second-order valence-electron chi connectivity index (χ2n) is 4.19. The maximum absolute atomic E-state index is 8.88. The highest BCUT2D eigenvalue weighted by atomic mass is 79.9. The molecule has 2 heterocycles. The monoisotopic (exact) mass is 284 g/mol. The number of nitrogens with zero attached hydrogens (tertiary/aromatic N) is 2. The average molecular weight is 285 g/mol. The number of aromatic nitrogens is 1. The van der Waals surface area contributed by atoms with Crippen molar-refractivity contribution in [2.75, 3.05) is 18.1 Å². The number of pyridine rings is 1. The summed E-state index contributed by atoms with van der Waals surface area (Å²) >= 11 is 3.40. The zero-order valence-electron chi connectivity index (χ0n) is 9.27. The van der Waals surface area contributed by atoms with Gasteiger partial charge in [0.25, 0.3) is 0 Å². The Morgan fingerprint density at radius 2 is 2.38 bits per heavy atom. The van der Waals surface area contributed by atoms with Gasteiger partial charge >= 0.3 is 0 Å². The molecule has 1 aliphatic heterocycles. The van der Waals surface area contributed by atoms with Crippen molar-refractivity contribution in [1.29, 1.82) is 0 Å². The fraction of sp³-hybridized carbons (Fsp3) is 0.583. The highest BCUT2D eigenvalue weighted by molar-refractivity contribution is 9.10. The van der Waals surface area contributed by atoms with E-state index in [1.54, 1.807) is 0 Å². The summed E-state index contributed by atoms with van der Waals surface area (Å²) in [6.45, 7) is 1.38. The van der Waals surface area contributed by atoms with E-state index in [2.05, 4.69) is 31.9 Å². The molecule has 1 fully saturated rings. The number of aliphatic hydroxyl groups is 1. The lowest BCUT2D eigenvalue weighted by Gasteiger charge is -2.25. The average Bonchev–Trinajstić information content (AvgIpc) is 2.75. The number of hydrogen-bond donors (Lipinski definition) is 1. The Morgan fingerprint density at radius 1 is 1.50 bits per heavy atom. The second kappa shape index (κ2) is 5.64. The first-order valence-electron chi connectivity index (χ1n) is 5.80. The van der Waals surface area contributed by atoms with Gasteiger partial charge in [0, 0.05) is 29.9 Å². The fourth-order valence-electron chi connectivity index (χ4n) is 2.30. The van der Waals surface area contributed by atoms with Crippen LogP contribution in [0.4, 0.5) is 5.82 Å². The van der Waals surface area contributed by atoms with Gasteiger partial charge in [-0.15, -0.1) is 0 Å². The Hall–Kier alpha value is -0.610. The number of anilines is 1. The summed E-state index contributed by atoms with van der Waals surface area (Å²) in [7, 11) is 0. The van der Waals surface area contributed by atoms with Crippen LogP contribution in [-0.4, -0.2) is 29.3 Å². The molecule has 2 rings (SSSR count). The molecule has 1 N–H and O–H groups in total. The summed E-state index contributed by atoms with van der Waals surface area (Å²) in [5, 5.41) is 8.88. The van der Waals surface area contributed by atoms with E-state index < -0.39 is 0 Å². The normalized spacial score (nSPS) is 20.4. The van der Waals surface area contributed by atoms with Gasteiger partial charge in [0.2, 0.25) is 0 Å². The van der Waals surface area contributed by atoms with Crippen LogP contribution in [0.2, 0.25) is 0 Å².